The van der Waals surface area contributed by atoms with Crippen molar-refractivity contribution in [3.8, 4) is 0 Å². The van der Waals surface area contributed by atoms with E-state index in [1.54, 1.807) is 12.1 Å². The first-order valence-electron chi connectivity index (χ1n) is 10.5. The molecule has 0 radical (unpaired) electrons. The number of rotatable bonds is 7. The van der Waals surface area contributed by atoms with Crippen molar-refractivity contribution in [3.63, 3.8) is 0 Å². The summed E-state index contributed by atoms with van der Waals surface area (Å²) >= 11 is 0. The molecule has 9 nitrogen and oxygen atoms in total. The van der Waals surface area contributed by atoms with Crippen LogP contribution in [0.4, 0.5) is 11.4 Å². The summed E-state index contributed by atoms with van der Waals surface area (Å²) in [4.78, 5) is 13.0. The molecule has 1 saturated heterocycles. The average Bonchev–Trinajstić information content (AvgIpc) is 2.73. The number of benzene rings is 2. The van der Waals surface area contributed by atoms with Crippen LogP contribution in [0.25, 0.3) is 0 Å². The first-order valence-corrected chi connectivity index (χ1v) is 13.7. The molecule has 0 bridgehead atoms. The number of hydrogen-bond acceptors (Lipinski definition) is 6. The van der Waals surface area contributed by atoms with Crippen LogP contribution in [0.2, 0.25) is 0 Å². The third kappa shape index (κ3) is 5.91. The quantitative estimate of drug-likeness (QED) is 0.630. The van der Waals surface area contributed by atoms with E-state index in [1.807, 2.05) is 19.9 Å². The van der Waals surface area contributed by atoms with Crippen LogP contribution in [0.5, 0.6) is 0 Å². The van der Waals surface area contributed by atoms with E-state index >= 15 is 0 Å². The van der Waals surface area contributed by atoms with Gasteiger partial charge in [0.2, 0.25) is 26.0 Å². The summed E-state index contributed by atoms with van der Waals surface area (Å²) in [5.74, 6) is -0.539. The third-order valence-electron chi connectivity index (χ3n) is 5.28. The number of nitrogens with zero attached hydrogens (tertiary/aromatic N) is 2. The zero-order chi connectivity index (χ0) is 24.4. The fourth-order valence-corrected chi connectivity index (χ4v) is 6.35. The Morgan fingerprint density at radius 3 is 2.06 bits per heavy atom. The molecule has 0 aromatic heterocycles. The predicted molar refractivity (Wildman–Crippen MR) is 127 cm³/mol. The zero-order valence-electron chi connectivity index (χ0n) is 19.1. The van der Waals surface area contributed by atoms with Crippen LogP contribution >= 0.6 is 0 Å². The third-order valence-corrected chi connectivity index (χ3v) is 8.43. The van der Waals surface area contributed by atoms with Crippen molar-refractivity contribution in [2.45, 2.75) is 31.7 Å². The smallest absolute Gasteiger partial charge is 0.247 e. The molecule has 1 N–H and O–H groups in total. The van der Waals surface area contributed by atoms with Crippen LogP contribution in [0.3, 0.4) is 0 Å². The number of morpholine rings is 1. The molecule has 1 fully saturated rings. The fraction of sp³-hybridized carbons (Fsp3) is 0.409. The van der Waals surface area contributed by atoms with Crippen molar-refractivity contribution in [2.24, 2.45) is 0 Å². The lowest BCUT2D eigenvalue weighted by atomic mass is 10.1. The molecule has 1 amide bonds. The molecule has 33 heavy (non-hydrogen) atoms. The summed E-state index contributed by atoms with van der Waals surface area (Å²) in [6.45, 7) is 6.50. The first-order chi connectivity index (χ1) is 15.4. The van der Waals surface area contributed by atoms with Gasteiger partial charge in [-0.15, -0.1) is 0 Å². The Labute approximate surface area is 195 Å². The summed E-state index contributed by atoms with van der Waals surface area (Å²) in [5, 5.41) is 2.68. The summed E-state index contributed by atoms with van der Waals surface area (Å²) in [6, 6.07) is 10.1. The second-order valence-corrected chi connectivity index (χ2v) is 11.9. The number of aryl methyl sites for hydroxylation is 2. The van der Waals surface area contributed by atoms with E-state index < -0.39 is 32.0 Å². The van der Waals surface area contributed by atoms with Crippen molar-refractivity contribution >= 4 is 37.3 Å². The Morgan fingerprint density at radius 2 is 1.55 bits per heavy atom. The van der Waals surface area contributed by atoms with Gasteiger partial charge < -0.3 is 10.1 Å². The lowest BCUT2D eigenvalue weighted by molar-refractivity contribution is -0.116. The SMILES string of the molecule is Cc1cc(C)cc(N(C(C)C(=O)Nc2ccc(S(=O)(=O)N3CCOCC3)cc2)S(C)(=O)=O)c1. The summed E-state index contributed by atoms with van der Waals surface area (Å²) < 4.78 is 58.2. The lowest BCUT2D eigenvalue weighted by Crippen LogP contribution is -2.45. The Morgan fingerprint density at radius 1 is 1.00 bits per heavy atom. The fourth-order valence-electron chi connectivity index (χ4n) is 3.78. The van der Waals surface area contributed by atoms with Crippen LogP contribution in [0, 0.1) is 13.8 Å². The second kappa shape index (κ2) is 9.80. The molecule has 1 unspecified atom stereocenters. The van der Waals surface area contributed by atoms with Crippen molar-refractivity contribution in [1.82, 2.24) is 4.31 Å². The highest BCUT2D eigenvalue weighted by atomic mass is 32.2. The van der Waals surface area contributed by atoms with Gasteiger partial charge in [-0.2, -0.15) is 4.31 Å². The summed E-state index contributed by atoms with van der Waals surface area (Å²) in [5.41, 5.74) is 2.53. The molecule has 3 rings (SSSR count). The van der Waals surface area contributed by atoms with Crippen molar-refractivity contribution in [3.05, 3.63) is 53.6 Å². The molecule has 2 aromatic rings. The zero-order valence-corrected chi connectivity index (χ0v) is 20.7. The summed E-state index contributed by atoms with van der Waals surface area (Å²) in [7, 11) is -7.40. The minimum atomic E-state index is -3.75. The molecule has 180 valence electrons. The molecule has 11 heteroatoms. The van der Waals surface area contributed by atoms with Gasteiger partial charge in [-0.05, 0) is 68.3 Å². The predicted octanol–water partition coefficient (Wildman–Crippen LogP) is 2.12. The Balaban J connectivity index is 1.79. The standard InChI is InChI=1S/C22H29N3O6S2/c1-16-13-17(2)15-20(14-16)25(32(4,27)28)18(3)22(26)23-19-5-7-21(8-6-19)33(29,30)24-9-11-31-12-10-24/h5-8,13-15,18H,9-12H2,1-4H3,(H,23,26). The topological polar surface area (TPSA) is 113 Å². The van der Waals surface area contributed by atoms with Crippen molar-refractivity contribution < 1.29 is 26.4 Å². The highest BCUT2D eigenvalue weighted by Crippen LogP contribution is 2.25. The van der Waals surface area contributed by atoms with Crippen LogP contribution < -0.4 is 9.62 Å². The van der Waals surface area contributed by atoms with Gasteiger partial charge in [0.25, 0.3) is 0 Å². The van der Waals surface area contributed by atoms with Gasteiger partial charge >= 0.3 is 0 Å². The molecule has 1 aliphatic rings. The number of hydrogen-bond donors (Lipinski definition) is 1. The van der Waals surface area contributed by atoms with Gasteiger partial charge in [0.05, 0.1) is 30.1 Å². The molecule has 0 aliphatic carbocycles. The molecule has 1 heterocycles. The average molecular weight is 496 g/mol. The highest BCUT2D eigenvalue weighted by Gasteiger charge is 2.30. The Bertz CT molecular complexity index is 1200. The minimum Gasteiger partial charge on any atom is -0.379 e. The number of carbonyl (C=O) groups excluding carboxylic acids is 1. The number of nitrogens with one attached hydrogen (secondary N) is 1. The van der Waals surface area contributed by atoms with Gasteiger partial charge in [-0.25, -0.2) is 16.8 Å². The number of sulfonamides is 2. The van der Waals surface area contributed by atoms with E-state index in [1.165, 1.54) is 35.5 Å². The van der Waals surface area contributed by atoms with E-state index in [-0.39, 0.29) is 18.0 Å². The van der Waals surface area contributed by atoms with E-state index in [9.17, 15) is 21.6 Å². The highest BCUT2D eigenvalue weighted by molar-refractivity contribution is 7.92. The van der Waals surface area contributed by atoms with Crippen LogP contribution in [-0.2, 0) is 29.6 Å². The number of amides is 1. The van der Waals surface area contributed by atoms with Gasteiger partial charge in [0, 0.05) is 18.8 Å². The van der Waals surface area contributed by atoms with Gasteiger partial charge in [0.1, 0.15) is 6.04 Å². The molecule has 0 spiro atoms. The maximum atomic E-state index is 12.9. The largest absolute Gasteiger partial charge is 0.379 e. The van der Waals surface area contributed by atoms with Gasteiger partial charge in [-0.3, -0.25) is 9.10 Å². The van der Waals surface area contributed by atoms with Crippen LogP contribution in [-0.4, -0.2) is 65.6 Å². The molecular formula is C22H29N3O6S2. The van der Waals surface area contributed by atoms with Gasteiger partial charge in [-0.1, -0.05) is 6.07 Å². The monoisotopic (exact) mass is 495 g/mol. The minimum absolute atomic E-state index is 0.114. The molecule has 1 aliphatic heterocycles. The van der Waals surface area contributed by atoms with Crippen LogP contribution in [0.1, 0.15) is 18.1 Å². The van der Waals surface area contributed by atoms with Gasteiger partial charge in [0.15, 0.2) is 0 Å². The first kappa shape index (κ1) is 25.2. The van der Waals surface area contributed by atoms with E-state index in [2.05, 4.69) is 5.32 Å². The van der Waals surface area contributed by atoms with E-state index in [0.717, 1.165) is 21.7 Å². The Hall–Kier alpha value is -2.47. The molecule has 0 saturated carbocycles. The second-order valence-electron chi connectivity index (χ2n) is 8.11. The van der Waals surface area contributed by atoms with Crippen molar-refractivity contribution in [1.29, 1.82) is 0 Å². The van der Waals surface area contributed by atoms with Crippen LogP contribution in [0.15, 0.2) is 47.4 Å². The Kier molecular flexibility index (Phi) is 7.47. The maximum absolute atomic E-state index is 12.9. The molecule has 2 aromatic carbocycles. The van der Waals surface area contributed by atoms with E-state index in [0.29, 0.717) is 24.6 Å². The number of ether oxygens (including phenoxy) is 1. The summed E-state index contributed by atoms with van der Waals surface area (Å²) in [6.07, 6.45) is 1.06. The normalized spacial score (nSPS) is 16.2. The maximum Gasteiger partial charge on any atom is 0.247 e. The molecular weight excluding hydrogens is 466 g/mol. The number of anilines is 2. The van der Waals surface area contributed by atoms with Crippen molar-refractivity contribution in [2.75, 3.05) is 42.2 Å². The molecule has 1 atom stereocenters. The lowest BCUT2D eigenvalue weighted by Gasteiger charge is -2.29. The number of carbonyl (C=O) groups is 1. The van der Waals surface area contributed by atoms with E-state index in [4.69, 9.17) is 4.74 Å².